The van der Waals surface area contributed by atoms with Crippen molar-refractivity contribution in [3.05, 3.63) is 34.6 Å². The van der Waals surface area contributed by atoms with Crippen molar-refractivity contribution in [3.63, 3.8) is 0 Å². The lowest BCUT2D eigenvalue weighted by atomic mass is 9.85. The van der Waals surface area contributed by atoms with Gasteiger partial charge in [0.15, 0.2) is 0 Å². The molecule has 1 unspecified atom stereocenters. The van der Waals surface area contributed by atoms with Crippen LogP contribution in [0.15, 0.2) is 12.1 Å². The van der Waals surface area contributed by atoms with Crippen LogP contribution in [0.4, 0.5) is 13.2 Å². The van der Waals surface area contributed by atoms with E-state index in [1.807, 2.05) is 13.0 Å². The van der Waals surface area contributed by atoms with Gasteiger partial charge in [-0.3, -0.25) is 0 Å². The predicted octanol–water partition coefficient (Wildman–Crippen LogP) is 6.99. The summed E-state index contributed by atoms with van der Waals surface area (Å²) in [5, 5.41) is 0. The van der Waals surface area contributed by atoms with Crippen molar-refractivity contribution in [2.75, 3.05) is 0 Å². The minimum Gasteiger partial charge on any atom is -0.458 e. The molecular weight excluding hydrogens is 393 g/mol. The standard InChI is InChI=1S/C13H15FO2.C11H20F2O/c1-3-4-10-7-9-6-5-8(2)12(14)11(9)13(15)16-10;1-3-4-9-5-7-10(8-6-9)14-11(2,12)13/h5-6,10H,3-4,7H2,1-2H3;9-10H,3-8H2,1-2H3. The van der Waals surface area contributed by atoms with E-state index < -0.39 is 17.9 Å². The number of hydrogen-bond donors (Lipinski definition) is 0. The Balaban J connectivity index is 0.000000216. The average molecular weight is 429 g/mol. The molecule has 2 aliphatic rings. The molecule has 0 saturated heterocycles. The molecule has 1 fully saturated rings. The Morgan fingerprint density at radius 1 is 1.10 bits per heavy atom. The lowest BCUT2D eigenvalue weighted by Gasteiger charge is -2.29. The molecule has 1 aromatic carbocycles. The van der Waals surface area contributed by atoms with E-state index >= 15 is 0 Å². The van der Waals surface area contributed by atoms with Crippen molar-refractivity contribution in [2.24, 2.45) is 5.92 Å². The molecule has 1 atom stereocenters. The number of cyclic esters (lactones) is 1. The molecule has 0 N–H and O–H groups in total. The minimum absolute atomic E-state index is 0.0906. The molecule has 0 bridgehead atoms. The third-order valence-corrected chi connectivity index (χ3v) is 5.82. The Kier molecular flexibility index (Phi) is 9.20. The molecule has 1 saturated carbocycles. The van der Waals surface area contributed by atoms with E-state index in [9.17, 15) is 18.0 Å². The number of halogens is 3. The van der Waals surface area contributed by atoms with Crippen molar-refractivity contribution in [1.29, 1.82) is 0 Å². The second kappa shape index (κ2) is 11.2. The molecule has 1 aromatic rings. The molecule has 1 heterocycles. The summed E-state index contributed by atoms with van der Waals surface area (Å²) in [4.78, 5) is 11.7. The van der Waals surface area contributed by atoms with Crippen LogP contribution in [0.5, 0.6) is 0 Å². The SMILES string of the molecule is CCCC1CCC(OC(C)(F)F)CC1.CCCC1Cc2ccc(C)c(F)c2C(=O)O1. The molecule has 1 aliphatic carbocycles. The van der Waals surface area contributed by atoms with Crippen molar-refractivity contribution >= 4 is 5.97 Å². The van der Waals surface area contributed by atoms with Crippen molar-refractivity contribution in [2.45, 2.75) is 104 Å². The van der Waals surface area contributed by atoms with Crippen molar-refractivity contribution in [3.8, 4) is 0 Å². The van der Waals surface area contributed by atoms with Crippen LogP contribution in [0.3, 0.4) is 0 Å². The quantitative estimate of drug-likeness (QED) is 0.458. The van der Waals surface area contributed by atoms with Crippen LogP contribution in [-0.4, -0.2) is 24.3 Å². The fraction of sp³-hybridized carbons (Fsp3) is 0.708. The lowest BCUT2D eigenvalue weighted by molar-refractivity contribution is -0.255. The Hall–Kier alpha value is -1.56. The van der Waals surface area contributed by atoms with Gasteiger partial charge in [-0.2, -0.15) is 8.78 Å². The monoisotopic (exact) mass is 428 g/mol. The number of rotatable bonds is 6. The van der Waals surface area contributed by atoms with Gasteiger partial charge in [-0.1, -0.05) is 45.2 Å². The molecule has 0 aromatic heterocycles. The number of esters is 1. The first-order valence-electron chi connectivity index (χ1n) is 11.2. The number of ether oxygens (including phenoxy) is 2. The van der Waals surface area contributed by atoms with E-state index in [4.69, 9.17) is 4.74 Å². The molecule has 6 heteroatoms. The predicted molar refractivity (Wildman–Crippen MR) is 111 cm³/mol. The number of hydrogen-bond acceptors (Lipinski definition) is 3. The first kappa shape index (κ1) is 24.7. The highest BCUT2D eigenvalue weighted by Crippen LogP contribution is 2.32. The first-order chi connectivity index (χ1) is 14.1. The van der Waals surface area contributed by atoms with Gasteiger partial charge < -0.3 is 9.47 Å². The summed E-state index contributed by atoms with van der Waals surface area (Å²) in [7, 11) is 0. The van der Waals surface area contributed by atoms with Gasteiger partial charge in [0.05, 0.1) is 11.7 Å². The summed E-state index contributed by atoms with van der Waals surface area (Å²) in [5.74, 6) is -0.205. The van der Waals surface area contributed by atoms with Crippen LogP contribution < -0.4 is 0 Å². The number of carbonyl (C=O) groups is 1. The Morgan fingerprint density at radius 3 is 2.30 bits per heavy atom. The summed E-state index contributed by atoms with van der Waals surface area (Å²) in [6.45, 7) is 6.69. The average Bonchev–Trinajstić information content (AvgIpc) is 2.66. The topological polar surface area (TPSA) is 35.5 Å². The minimum atomic E-state index is -2.96. The van der Waals surface area contributed by atoms with E-state index in [0.717, 1.165) is 56.9 Å². The second-order valence-electron chi connectivity index (χ2n) is 8.61. The van der Waals surface area contributed by atoms with E-state index in [1.54, 1.807) is 13.0 Å². The molecule has 0 radical (unpaired) electrons. The smallest absolute Gasteiger partial charge is 0.353 e. The maximum Gasteiger partial charge on any atom is 0.353 e. The Labute approximate surface area is 178 Å². The van der Waals surface area contributed by atoms with E-state index in [0.29, 0.717) is 12.0 Å². The highest BCUT2D eigenvalue weighted by molar-refractivity contribution is 5.92. The number of alkyl halides is 2. The van der Waals surface area contributed by atoms with Gasteiger partial charge in [0, 0.05) is 13.3 Å². The number of fused-ring (bicyclic) bond motifs is 1. The third kappa shape index (κ3) is 7.29. The summed E-state index contributed by atoms with van der Waals surface area (Å²) in [5.41, 5.74) is 1.40. The van der Waals surface area contributed by atoms with Crippen molar-refractivity contribution in [1.82, 2.24) is 0 Å². The zero-order valence-corrected chi connectivity index (χ0v) is 18.6. The van der Waals surface area contributed by atoms with Gasteiger partial charge in [-0.15, -0.1) is 0 Å². The van der Waals surface area contributed by atoms with E-state index in [-0.39, 0.29) is 17.8 Å². The van der Waals surface area contributed by atoms with E-state index in [1.165, 1.54) is 12.8 Å². The van der Waals surface area contributed by atoms with Crippen LogP contribution in [0.2, 0.25) is 0 Å². The molecule has 30 heavy (non-hydrogen) atoms. The highest BCUT2D eigenvalue weighted by atomic mass is 19.3. The zero-order chi connectivity index (χ0) is 22.3. The molecule has 0 amide bonds. The number of benzene rings is 1. The number of carbonyl (C=O) groups excluding carboxylic acids is 1. The Morgan fingerprint density at radius 2 is 1.73 bits per heavy atom. The Bertz CT molecular complexity index is 692. The van der Waals surface area contributed by atoms with Gasteiger partial charge in [-0.25, -0.2) is 9.18 Å². The van der Waals surface area contributed by atoms with Crippen LogP contribution in [0.25, 0.3) is 0 Å². The fourth-order valence-corrected chi connectivity index (χ4v) is 4.33. The summed E-state index contributed by atoms with van der Waals surface area (Å²) in [6.07, 6.45) is 5.28. The van der Waals surface area contributed by atoms with Crippen LogP contribution in [0, 0.1) is 18.7 Å². The van der Waals surface area contributed by atoms with Gasteiger partial charge in [0.1, 0.15) is 11.9 Å². The van der Waals surface area contributed by atoms with Gasteiger partial charge in [0.25, 0.3) is 0 Å². The molecular formula is C24H35F3O3. The van der Waals surface area contributed by atoms with Crippen molar-refractivity contribution < 1.29 is 27.4 Å². The molecule has 3 rings (SSSR count). The maximum absolute atomic E-state index is 13.7. The molecule has 170 valence electrons. The van der Waals surface area contributed by atoms with Gasteiger partial charge in [0.2, 0.25) is 0 Å². The van der Waals surface area contributed by atoms with Crippen LogP contribution in [-0.2, 0) is 15.9 Å². The fourth-order valence-electron chi connectivity index (χ4n) is 4.33. The van der Waals surface area contributed by atoms with Gasteiger partial charge in [-0.05, 0) is 56.1 Å². The highest BCUT2D eigenvalue weighted by Gasteiger charge is 2.30. The normalized spacial score (nSPS) is 23.8. The number of aryl methyl sites for hydroxylation is 1. The molecule has 3 nitrogen and oxygen atoms in total. The van der Waals surface area contributed by atoms with Crippen LogP contribution >= 0.6 is 0 Å². The van der Waals surface area contributed by atoms with E-state index in [2.05, 4.69) is 11.7 Å². The summed E-state index contributed by atoms with van der Waals surface area (Å²) >= 11 is 0. The third-order valence-electron chi connectivity index (χ3n) is 5.82. The first-order valence-corrected chi connectivity index (χ1v) is 11.2. The second-order valence-corrected chi connectivity index (χ2v) is 8.61. The largest absolute Gasteiger partial charge is 0.458 e. The molecule has 0 spiro atoms. The lowest BCUT2D eigenvalue weighted by Crippen LogP contribution is -2.28. The summed E-state index contributed by atoms with van der Waals surface area (Å²) in [6, 6.07) is 3.55. The van der Waals surface area contributed by atoms with Gasteiger partial charge >= 0.3 is 12.1 Å². The molecule has 1 aliphatic heterocycles. The van der Waals surface area contributed by atoms with Crippen LogP contribution in [0.1, 0.15) is 93.6 Å². The summed E-state index contributed by atoms with van der Waals surface area (Å²) < 4.78 is 48.7. The zero-order valence-electron chi connectivity index (χ0n) is 18.6. The maximum atomic E-state index is 13.7.